The number of aromatic amines is 1. The van der Waals surface area contributed by atoms with Crippen molar-refractivity contribution in [3.05, 3.63) is 63.8 Å². The van der Waals surface area contributed by atoms with Gasteiger partial charge in [-0.05, 0) is 30.4 Å². The van der Waals surface area contributed by atoms with E-state index in [1.165, 1.54) is 39.5 Å². The molecule has 8 heteroatoms. The molecule has 0 aliphatic carbocycles. The second kappa shape index (κ2) is 7.83. The van der Waals surface area contributed by atoms with Gasteiger partial charge in [-0.25, -0.2) is 0 Å². The molecule has 0 fully saturated rings. The minimum Gasteiger partial charge on any atom is -0.493 e. The maximum atomic E-state index is 12.6. The lowest BCUT2D eigenvalue weighted by Crippen LogP contribution is -2.00. The largest absolute Gasteiger partial charge is 0.493 e. The molecule has 1 aromatic heterocycles. The van der Waals surface area contributed by atoms with Gasteiger partial charge in [-0.1, -0.05) is 6.07 Å². The minimum absolute atomic E-state index is 0.0290. The molecule has 0 atom stereocenters. The van der Waals surface area contributed by atoms with Crippen molar-refractivity contribution in [2.24, 2.45) is 0 Å². The van der Waals surface area contributed by atoms with Crippen LogP contribution in [0, 0.1) is 10.1 Å². The molecule has 28 heavy (non-hydrogen) atoms. The number of ketones is 1. The van der Waals surface area contributed by atoms with Crippen molar-refractivity contribution in [3.63, 3.8) is 0 Å². The Hall–Kier alpha value is -3.81. The molecule has 0 aliphatic rings. The zero-order valence-corrected chi connectivity index (χ0v) is 15.5. The summed E-state index contributed by atoms with van der Waals surface area (Å²) in [6.07, 6.45) is 4.51. The molecular weight excluding hydrogens is 364 g/mol. The molecule has 0 unspecified atom stereocenters. The first kappa shape index (κ1) is 19.0. The molecule has 3 aromatic rings. The van der Waals surface area contributed by atoms with Gasteiger partial charge >= 0.3 is 0 Å². The predicted molar refractivity (Wildman–Crippen MR) is 104 cm³/mol. The number of nitro groups is 1. The van der Waals surface area contributed by atoms with Crippen LogP contribution in [-0.4, -0.2) is 37.0 Å². The van der Waals surface area contributed by atoms with E-state index in [0.717, 1.165) is 0 Å². The number of benzene rings is 2. The fraction of sp³-hybridized carbons (Fsp3) is 0.150. The van der Waals surface area contributed by atoms with E-state index in [4.69, 9.17) is 14.2 Å². The van der Waals surface area contributed by atoms with Crippen LogP contribution in [-0.2, 0) is 0 Å². The number of carbonyl (C=O) groups is 1. The number of rotatable bonds is 7. The molecule has 0 radical (unpaired) electrons. The molecule has 0 saturated heterocycles. The highest BCUT2D eigenvalue weighted by atomic mass is 16.6. The number of hydrogen-bond acceptors (Lipinski definition) is 6. The van der Waals surface area contributed by atoms with Crippen molar-refractivity contribution in [2.75, 3.05) is 21.3 Å². The second-order valence-corrected chi connectivity index (χ2v) is 5.81. The van der Waals surface area contributed by atoms with Gasteiger partial charge < -0.3 is 19.2 Å². The Morgan fingerprint density at radius 1 is 1.11 bits per heavy atom. The highest BCUT2D eigenvalue weighted by Gasteiger charge is 2.17. The summed E-state index contributed by atoms with van der Waals surface area (Å²) >= 11 is 0. The molecular formula is C20H18N2O6. The van der Waals surface area contributed by atoms with E-state index in [1.54, 1.807) is 30.5 Å². The van der Waals surface area contributed by atoms with Crippen LogP contribution in [0.25, 0.3) is 17.0 Å². The minimum atomic E-state index is -0.450. The highest BCUT2D eigenvalue weighted by Crippen LogP contribution is 2.38. The van der Waals surface area contributed by atoms with Crippen LogP contribution in [0.1, 0.15) is 15.9 Å². The molecule has 0 amide bonds. The number of hydrogen-bond donors (Lipinski definition) is 1. The average Bonchev–Trinajstić information content (AvgIpc) is 3.13. The van der Waals surface area contributed by atoms with Crippen molar-refractivity contribution in [3.8, 4) is 17.2 Å². The van der Waals surface area contributed by atoms with E-state index in [0.29, 0.717) is 39.3 Å². The van der Waals surface area contributed by atoms with E-state index < -0.39 is 4.92 Å². The zero-order chi connectivity index (χ0) is 20.3. The third-order valence-electron chi connectivity index (χ3n) is 4.27. The van der Waals surface area contributed by atoms with Crippen molar-refractivity contribution in [1.82, 2.24) is 4.98 Å². The van der Waals surface area contributed by atoms with Gasteiger partial charge in [-0.15, -0.1) is 0 Å². The number of carbonyl (C=O) groups excluding carboxylic acids is 1. The number of nitrogens with zero attached hydrogens (tertiary/aromatic N) is 1. The van der Waals surface area contributed by atoms with Gasteiger partial charge in [0, 0.05) is 23.4 Å². The van der Waals surface area contributed by atoms with Crippen molar-refractivity contribution < 1.29 is 23.9 Å². The first-order valence-electron chi connectivity index (χ1n) is 8.27. The fourth-order valence-corrected chi connectivity index (χ4v) is 2.96. The number of nitro benzene ring substituents is 1. The van der Waals surface area contributed by atoms with Crippen LogP contribution in [0.4, 0.5) is 5.69 Å². The lowest BCUT2D eigenvalue weighted by Gasteiger charge is -2.13. The SMILES string of the molecule is COc1cc(C(=O)C=Cc2c[nH]c3cccc([N+](=O)[O-])c23)cc(OC)c1OC. The molecule has 2 aromatic carbocycles. The first-order valence-corrected chi connectivity index (χ1v) is 8.27. The maximum Gasteiger partial charge on any atom is 0.279 e. The summed E-state index contributed by atoms with van der Waals surface area (Å²) in [5.74, 6) is 0.799. The molecule has 3 rings (SSSR count). The Labute approximate surface area is 160 Å². The summed E-state index contributed by atoms with van der Waals surface area (Å²) in [4.78, 5) is 26.5. The zero-order valence-electron chi connectivity index (χ0n) is 15.5. The summed E-state index contributed by atoms with van der Waals surface area (Å²) < 4.78 is 15.8. The standard InChI is InChI=1S/C20H18N2O6/c1-26-17-9-13(10-18(27-2)20(17)28-3)16(23)8-7-12-11-21-14-5-4-6-15(19(12)14)22(24)25/h4-11,21H,1-3H3. The summed E-state index contributed by atoms with van der Waals surface area (Å²) in [6.45, 7) is 0. The lowest BCUT2D eigenvalue weighted by molar-refractivity contribution is -0.383. The number of H-pyrrole nitrogens is 1. The van der Waals surface area contributed by atoms with E-state index in [9.17, 15) is 14.9 Å². The summed E-state index contributed by atoms with van der Waals surface area (Å²) in [6, 6.07) is 7.86. The van der Waals surface area contributed by atoms with E-state index >= 15 is 0 Å². The highest BCUT2D eigenvalue weighted by molar-refractivity contribution is 6.09. The van der Waals surface area contributed by atoms with Gasteiger partial charge in [0.15, 0.2) is 17.3 Å². The van der Waals surface area contributed by atoms with Gasteiger partial charge in [0.2, 0.25) is 5.75 Å². The first-order chi connectivity index (χ1) is 13.5. The Bertz CT molecular complexity index is 1060. The van der Waals surface area contributed by atoms with Crippen molar-refractivity contribution in [2.45, 2.75) is 0 Å². The second-order valence-electron chi connectivity index (χ2n) is 5.81. The number of non-ortho nitro benzene ring substituents is 1. The molecule has 0 bridgehead atoms. The fourth-order valence-electron chi connectivity index (χ4n) is 2.96. The van der Waals surface area contributed by atoms with Gasteiger partial charge in [0.05, 0.1) is 37.2 Å². The van der Waals surface area contributed by atoms with Crippen LogP contribution >= 0.6 is 0 Å². The van der Waals surface area contributed by atoms with Gasteiger partial charge in [-0.2, -0.15) is 0 Å². The molecule has 1 N–H and O–H groups in total. The lowest BCUT2D eigenvalue weighted by atomic mass is 10.1. The Kier molecular flexibility index (Phi) is 5.30. The number of fused-ring (bicyclic) bond motifs is 1. The van der Waals surface area contributed by atoms with E-state index in [-0.39, 0.29) is 11.5 Å². The summed E-state index contributed by atoms with van der Waals surface area (Å²) in [5.41, 5.74) is 1.47. The predicted octanol–water partition coefficient (Wildman–Crippen LogP) is 4.00. The van der Waals surface area contributed by atoms with Gasteiger partial charge in [0.1, 0.15) is 0 Å². The molecule has 0 aliphatic heterocycles. The van der Waals surface area contributed by atoms with Crippen LogP contribution < -0.4 is 14.2 Å². The van der Waals surface area contributed by atoms with E-state index in [1.807, 2.05) is 0 Å². The molecule has 1 heterocycles. The molecule has 0 spiro atoms. The van der Waals surface area contributed by atoms with E-state index in [2.05, 4.69) is 4.98 Å². The van der Waals surface area contributed by atoms with Crippen LogP contribution in [0.15, 0.2) is 42.6 Å². The average molecular weight is 382 g/mol. The number of methoxy groups -OCH3 is 3. The van der Waals surface area contributed by atoms with Gasteiger partial charge in [0.25, 0.3) is 5.69 Å². The maximum absolute atomic E-state index is 12.6. The van der Waals surface area contributed by atoms with Crippen molar-refractivity contribution in [1.29, 1.82) is 0 Å². The van der Waals surface area contributed by atoms with Crippen LogP contribution in [0.3, 0.4) is 0 Å². The smallest absolute Gasteiger partial charge is 0.279 e. The third kappa shape index (κ3) is 3.39. The van der Waals surface area contributed by atoms with Gasteiger partial charge in [-0.3, -0.25) is 14.9 Å². The normalized spacial score (nSPS) is 11.0. The quantitative estimate of drug-likeness (QED) is 0.287. The Morgan fingerprint density at radius 2 is 1.79 bits per heavy atom. The van der Waals surface area contributed by atoms with Crippen LogP contribution in [0.5, 0.6) is 17.2 Å². The molecule has 144 valence electrons. The topological polar surface area (TPSA) is 104 Å². The third-order valence-corrected chi connectivity index (χ3v) is 4.27. The van der Waals surface area contributed by atoms with Crippen molar-refractivity contribution >= 4 is 28.4 Å². The number of aromatic nitrogens is 1. The summed E-state index contributed by atoms with van der Waals surface area (Å²) in [5, 5.41) is 11.7. The monoisotopic (exact) mass is 382 g/mol. The Morgan fingerprint density at radius 3 is 2.36 bits per heavy atom. The number of allylic oxidation sites excluding steroid dienone is 1. The molecule has 0 saturated carbocycles. The number of nitrogens with one attached hydrogen (secondary N) is 1. The van der Waals surface area contributed by atoms with Crippen LogP contribution in [0.2, 0.25) is 0 Å². The number of ether oxygens (including phenoxy) is 3. The molecule has 8 nitrogen and oxygen atoms in total. The Balaban J connectivity index is 1.99. The summed E-state index contributed by atoms with van der Waals surface area (Å²) in [7, 11) is 4.41.